The predicted octanol–water partition coefficient (Wildman–Crippen LogP) is 7.37. The van der Waals surface area contributed by atoms with Crippen LogP contribution in [0.15, 0.2) is 53.4 Å². The molecule has 27 heavy (non-hydrogen) atoms. The second-order valence-electron chi connectivity index (χ2n) is 6.79. The minimum absolute atomic E-state index is 0.263. The summed E-state index contributed by atoms with van der Waals surface area (Å²) in [6, 6.07) is 16.3. The van der Waals surface area contributed by atoms with E-state index in [4.69, 9.17) is 4.74 Å². The number of carbonyl (C=O) groups is 1. The maximum atomic E-state index is 11.7. The van der Waals surface area contributed by atoms with Gasteiger partial charge in [-0.1, -0.05) is 69.7 Å². The molecule has 0 aromatic heterocycles. The van der Waals surface area contributed by atoms with Crippen molar-refractivity contribution in [3.05, 3.63) is 54.1 Å². The molecule has 0 amide bonds. The number of hydrogen-bond donors (Lipinski definition) is 0. The molecule has 0 spiro atoms. The lowest BCUT2D eigenvalue weighted by Gasteiger charge is -2.06. The first kappa shape index (κ1) is 21.6. The summed E-state index contributed by atoms with van der Waals surface area (Å²) in [6.45, 7) is 4.48. The van der Waals surface area contributed by atoms with Crippen molar-refractivity contribution in [1.29, 1.82) is 0 Å². The zero-order valence-corrected chi connectivity index (χ0v) is 17.5. The van der Waals surface area contributed by atoms with Gasteiger partial charge in [0.1, 0.15) is 0 Å². The molecule has 0 atom stereocenters. The third kappa shape index (κ3) is 7.80. The van der Waals surface area contributed by atoms with Crippen LogP contribution in [-0.2, 0) is 4.74 Å². The standard InChI is InChI=1S/C24H32O2S/c1-3-5-6-7-8-9-10-19-27-23-17-15-21(16-18-23)20-11-13-22(14-12-20)24(25)26-4-2/h11-18H,3-10,19H2,1-2H3. The fourth-order valence-corrected chi connectivity index (χ4v) is 3.92. The molecule has 0 bridgehead atoms. The van der Waals surface area contributed by atoms with Crippen LogP contribution in [0.25, 0.3) is 11.1 Å². The van der Waals surface area contributed by atoms with Crippen molar-refractivity contribution >= 4 is 17.7 Å². The van der Waals surface area contributed by atoms with Gasteiger partial charge in [0, 0.05) is 4.90 Å². The molecular formula is C24H32O2S. The van der Waals surface area contributed by atoms with Gasteiger partial charge in [0.2, 0.25) is 0 Å². The summed E-state index contributed by atoms with van der Waals surface area (Å²) in [5.74, 6) is 0.933. The van der Waals surface area contributed by atoms with Gasteiger partial charge in [0.15, 0.2) is 0 Å². The van der Waals surface area contributed by atoms with E-state index in [0.717, 1.165) is 5.56 Å². The Morgan fingerprint density at radius 3 is 1.93 bits per heavy atom. The molecule has 0 unspecified atom stereocenters. The summed E-state index contributed by atoms with van der Waals surface area (Å²) in [5, 5.41) is 0. The average Bonchev–Trinajstić information content (AvgIpc) is 2.71. The molecule has 0 aliphatic rings. The van der Waals surface area contributed by atoms with Gasteiger partial charge in [-0.2, -0.15) is 0 Å². The van der Waals surface area contributed by atoms with Crippen LogP contribution in [0.1, 0.15) is 69.2 Å². The Morgan fingerprint density at radius 1 is 0.778 bits per heavy atom. The second-order valence-corrected chi connectivity index (χ2v) is 7.96. The van der Waals surface area contributed by atoms with E-state index in [1.54, 1.807) is 0 Å². The molecule has 0 aliphatic carbocycles. The zero-order chi connectivity index (χ0) is 19.3. The van der Waals surface area contributed by atoms with E-state index in [-0.39, 0.29) is 5.97 Å². The van der Waals surface area contributed by atoms with Crippen LogP contribution in [0.5, 0.6) is 0 Å². The first-order valence-electron chi connectivity index (χ1n) is 10.2. The highest BCUT2D eigenvalue weighted by atomic mass is 32.2. The van der Waals surface area contributed by atoms with Crippen molar-refractivity contribution in [1.82, 2.24) is 0 Å². The van der Waals surface area contributed by atoms with Crippen LogP contribution in [0.3, 0.4) is 0 Å². The molecule has 2 aromatic carbocycles. The minimum atomic E-state index is -0.263. The molecule has 2 nitrogen and oxygen atoms in total. The Labute approximate surface area is 168 Å². The van der Waals surface area contributed by atoms with Crippen molar-refractivity contribution in [2.24, 2.45) is 0 Å². The van der Waals surface area contributed by atoms with Gasteiger partial charge in [-0.25, -0.2) is 4.79 Å². The Kier molecular flexibility index (Phi) is 10.1. The van der Waals surface area contributed by atoms with Crippen LogP contribution in [0.4, 0.5) is 0 Å². The predicted molar refractivity (Wildman–Crippen MR) is 117 cm³/mol. The molecule has 0 saturated heterocycles. The van der Waals surface area contributed by atoms with E-state index in [9.17, 15) is 4.79 Å². The van der Waals surface area contributed by atoms with Crippen molar-refractivity contribution in [2.45, 2.75) is 63.7 Å². The highest BCUT2D eigenvalue weighted by Gasteiger charge is 2.06. The van der Waals surface area contributed by atoms with Crippen molar-refractivity contribution in [2.75, 3.05) is 12.4 Å². The number of ether oxygens (including phenoxy) is 1. The summed E-state index contributed by atoms with van der Waals surface area (Å²) in [7, 11) is 0. The maximum absolute atomic E-state index is 11.7. The number of esters is 1. The molecule has 0 N–H and O–H groups in total. The molecule has 3 heteroatoms. The molecule has 0 heterocycles. The SMILES string of the molecule is CCCCCCCCCSc1ccc(-c2ccc(C(=O)OCC)cc2)cc1. The maximum Gasteiger partial charge on any atom is 0.338 e. The smallest absolute Gasteiger partial charge is 0.338 e. The largest absolute Gasteiger partial charge is 0.462 e. The molecule has 0 radical (unpaired) electrons. The second kappa shape index (κ2) is 12.6. The van der Waals surface area contributed by atoms with Crippen LogP contribution in [-0.4, -0.2) is 18.3 Å². The van der Waals surface area contributed by atoms with Gasteiger partial charge in [0.25, 0.3) is 0 Å². The number of thioether (sulfide) groups is 1. The molecule has 0 fully saturated rings. The number of carbonyl (C=O) groups excluding carboxylic acids is 1. The Morgan fingerprint density at radius 2 is 1.33 bits per heavy atom. The lowest BCUT2D eigenvalue weighted by atomic mass is 10.0. The lowest BCUT2D eigenvalue weighted by molar-refractivity contribution is 0.0526. The molecular weight excluding hydrogens is 352 g/mol. The number of benzene rings is 2. The fraction of sp³-hybridized carbons (Fsp3) is 0.458. The fourth-order valence-electron chi connectivity index (χ4n) is 3.01. The lowest BCUT2D eigenvalue weighted by Crippen LogP contribution is -2.03. The number of unbranched alkanes of at least 4 members (excludes halogenated alkanes) is 6. The number of hydrogen-bond acceptors (Lipinski definition) is 3. The zero-order valence-electron chi connectivity index (χ0n) is 16.7. The van der Waals surface area contributed by atoms with Gasteiger partial charge < -0.3 is 4.74 Å². The Hall–Kier alpha value is -1.74. The first-order valence-corrected chi connectivity index (χ1v) is 11.2. The summed E-state index contributed by atoms with van der Waals surface area (Å²) in [4.78, 5) is 13.1. The molecule has 0 aliphatic heterocycles. The number of rotatable bonds is 12. The summed E-state index contributed by atoms with van der Waals surface area (Å²) in [5.41, 5.74) is 2.89. The van der Waals surface area contributed by atoms with Gasteiger partial charge in [-0.15, -0.1) is 11.8 Å². The van der Waals surface area contributed by atoms with Crippen LogP contribution < -0.4 is 0 Å². The molecule has 0 saturated carbocycles. The average molecular weight is 385 g/mol. The first-order chi connectivity index (χ1) is 13.2. The Bertz CT molecular complexity index is 662. The van der Waals surface area contributed by atoms with Crippen LogP contribution >= 0.6 is 11.8 Å². The molecule has 2 rings (SSSR count). The molecule has 146 valence electrons. The van der Waals surface area contributed by atoms with Gasteiger partial charge in [0.05, 0.1) is 12.2 Å². The van der Waals surface area contributed by atoms with E-state index in [1.807, 2.05) is 43.0 Å². The van der Waals surface area contributed by atoms with Gasteiger partial charge >= 0.3 is 5.97 Å². The van der Waals surface area contributed by atoms with Crippen molar-refractivity contribution < 1.29 is 9.53 Å². The highest BCUT2D eigenvalue weighted by Crippen LogP contribution is 2.25. The quantitative estimate of drug-likeness (QED) is 0.217. The van der Waals surface area contributed by atoms with Crippen LogP contribution in [0, 0.1) is 0 Å². The van der Waals surface area contributed by atoms with Gasteiger partial charge in [-0.3, -0.25) is 0 Å². The topological polar surface area (TPSA) is 26.3 Å². The Balaban J connectivity index is 1.75. The van der Waals surface area contributed by atoms with E-state index < -0.39 is 0 Å². The van der Waals surface area contributed by atoms with Crippen LogP contribution in [0.2, 0.25) is 0 Å². The van der Waals surface area contributed by atoms with E-state index >= 15 is 0 Å². The molecule has 2 aromatic rings. The summed E-state index contributed by atoms with van der Waals surface area (Å²) >= 11 is 1.94. The van der Waals surface area contributed by atoms with E-state index in [0.29, 0.717) is 12.2 Å². The van der Waals surface area contributed by atoms with Crippen molar-refractivity contribution in [3.63, 3.8) is 0 Å². The third-order valence-corrected chi connectivity index (χ3v) is 5.70. The highest BCUT2D eigenvalue weighted by molar-refractivity contribution is 7.99. The van der Waals surface area contributed by atoms with Crippen molar-refractivity contribution in [3.8, 4) is 11.1 Å². The van der Waals surface area contributed by atoms with E-state index in [1.165, 1.54) is 61.2 Å². The third-order valence-electron chi connectivity index (χ3n) is 4.60. The monoisotopic (exact) mass is 384 g/mol. The normalized spacial score (nSPS) is 10.7. The minimum Gasteiger partial charge on any atom is -0.462 e. The summed E-state index contributed by atoms with van der Waals surface area (Å²) < 4.78 is 5.03. The van der Waals surface area contributed by atoms with E-state index in [2.05, 4.69) is 31.2 Å². The summed E-state index contributed by atoms with van der Waals surface area (Å²) in [6.07, 6.45) is 9.51. The van der Waals surface area contributed by atoms with Gasteiger partial charge in [-0.05, 0) is 54.5 Å².